The van der Waals surface area contributed by atoms with Crippen LogP contribution in [-0.2, 0) is 5.60 Å². The topological polar surface area (TPSA) is 91.1 Å². The van der Waals surface area contributed by atoms with Gasteiger partial charge in [0.15, 0.2) is 0 Å². The minimum Gasteiger partial charge on any atom is -0.386 e. The maximum absolute atomic E-state index is 12.2. The zero-order chi connectivity index (χ0) is 24.0. The smallest absolute Gasteiger partial charge is 0.250 e. The van der Waals surface area contributed by atoms with Crippen LogP contribution in [0.15, 0.2) is 78.9 Å². The standard InChI is InChI=1S/C29H27N3O2/c1-17-20(10-7-11-24(17)31-19-8-5-4-6-9-19)21-14-15-23(28(30)33)27-26(21)22-13-12-18(29(2,3)34)16-25(22)32-27/h4-16,31-32,34H,1-3H3,(H2,30,33). The number of aliphatic hydroxyl groups is 1. The molecule has 1 amide bonds. The lowest BCUT2D eigenvalue weighted by Crippen LogP contribution is -2.14. The third kappa shape index (κ3) is 3.70. The average molecular weight is 450 g/mol. The lowest BCUT2D eigenvalue weighted by molar-refractivity contribution is 0.0787. The number of hydrogen-bond donors (Lipinski definition) is 4. The highest BCUT2D eigenvalue weighted by Crippen LogP contribution is 2.40. The molecule has 0 aliphatic carbocycles. The maximum Gasteiger partial charge on any atom is 0.250 e. The number of carbonyl (C=O) groups is 1. The van der Waals surface area contributed by atoms with E-state index in [-0.39, 0.29) is 0 Å². The number of aromatic nitrogens is 1. The van der Waals surface area contributed by atoms with E-state index >= 15 is 0 Å². The Hall–Kier alpha value is -4.09. The predicted molar refractivity (Wildman–Crippen MR) is 139 cm³/mol. The van der Waals surface area contributed by atoms with E-state index in [0.717, 1.165) is 49.9 Å². The summed E-state index contributed by atoms with van der Waals surface area (Å²) in [5.74, 6) is -0.484. The van der Waals surface area contributed by atoms with E-state index in [1.165, 1.54) is 0 Å². The summed E-state index contributed by atoms with van der Waals surface area (Å²) in [4.78, 5) is 15.6. The number of rotatable bonds is 5. The van der Waals surface area contributed by atoms with Crippen LogP contribution in [0.4, 0.5) is 11.4 Å². The number of hydrogen-bond acceptors (Lipinski definition) is 3. The van der Waals surface area contributed by atoms with E-state index in [1.807, 2.05) is 60.7 Å². The number of nitrogens with two attached hydrogens (primary N) is 1. The van der Waals surface area contributed by atoms with Crippen LogP contribution in [0.2, 0.25) is 0 Å². The fourth-order valence-electron chi connectivity index (χ4n) is 4.56. The van der Waals surface area contributed by atoms with Gasteiger partial charge >= 0.3 is 0 Å². The van der Waals surface area contributed by atoms with E-state index in [2.05, 4.69) is 29.4 Å². The van der Waals surface area contributed by atoms with Crippen molar-refractivity contribution in [2.24, 2.45) is 5.73 Å². The van der Waals surface area contributed by atoms with Gasteiger partial charge in [0, 0.05) is 27.7 Å². The van der Waals surface area contributed by atoms with E-state index < -0.39 is 11.5 Å². The Morgan fingerprint density at radius 1 is 0.941 bits per heavy atom. The molecule has 0 fully saturated rings. The van der Waals surface area contributed by atoms with Crippen molar-refractivity contribution in [1.29, 1.82) is 0 Å². The third-order valence-corrected chi connectivity index (χ3v) is 6.40. The normalized spacial score (nSPS) is 11.8. The molecule has 0 unspecified atom stereocenters. The first-order valence-electron chi connectivity index (χ1n) is 11.3. The molecular formula is C29H27N3O2. The second kappa shape index (κ2) is 8.04. The van der Waals surface area contributed by atoms with Crippen LogP contribution in [0, 0.1) is 6.92 Å². The molecule has 0 atom stereocenters. The highest BCUT2D eigenvalue weighted by molar-refractivity contribution is 6.20. The van der Waals surface area contributed by atoms with Gasteiger partial charge < -0.3 is 21.1 Å². The van der Waals surface area contributed by atoms with Gasteiger partial charge in [-0.2, -0.15) is 0 Å². The quantitative estimate of drug-likeness (QED) is 0.251. The highest BCUT2D eigenvalue weighted by Gasteiger charge is 2.21. The maximum atomic E-state index is 12.2. The minimum absolute atomic E-state index is 0.441. The molecule has 5 N–H and O–H groups in total. The summed E-state index contributed by atoms with van der Waals surface area (Å²) < 4.78 is 0. The number of fused-ring (bicyclic) bond motifs is 3. The van der Waals surface area contributed by atoms with E-state index in [1.54, 1.807) is 19.9 Å². The van der Waals surface area contributed by atoms with Crippen molar-refractivity contribution >= 4 is 39.1 Å². The zero-order valence-electron chi connectivity index (χ0n) is 19.4. The Balaban J connectivity index is 1.75. The SMILES string of the molecule is Cc1c(Nc2ccccc2)cccc1-c1ccc(C(N)=O)c2[nH]c3cc(C(C)(C)O)ccc3c12. The molecule has 4 aromatic carbocycles. The highest BCUT2D eigenvalue weighted by atomic mass is 16.3. The number of anilines is 2. The lowest BCUT2D eigenvalue weighted by atomic mass is 9.92. The van der Waals surface area contributed by atoms with Crippen molar-refractivity contribution in [2.45, 2.75) is 26.4 Å². The largest absolute Gasteiger partial charge is 0.386 e. The second-order valence-electron chi connectivity index (χ2n) is 9.19. The van der Waals surface area contributed by atoms with Crippen molar-refractivity contribution < 1.29 is 9.90 Å². The van der Waals surface area contributed by atoms with Crippen LogP contribution in [0.25, 0.3) is 32.9 Å². The summed E-state index contributed by atoms with van der Waals surface area (Å²) in [6.07, 6.45) is 0. The van der Waals surface area contributed by atoms with Crippen LogP contribution < -0.4 is 11.1 Å². The molecule has 0 radical (unpaired) electrons. The molecule has 5 aromatic rings. The molecule has 34 heavy (non-hydrogen) atoms. The average Bonchev–Trinajstić information content (AvgIpc) is 3.19. The summed E-state index contributed by atoms with van der Waals surface area (Å²) in [7, 11) is 0. The number of para-hydroxylation sites is 1. The van der Waals surface area contributed by atoms with Gasteiger partial charge in [-0.25, -0.2) is 0 Å². The number of primary amides is 1. The van der Waals surface area contributed by atoms with Gasteiger partial charge in [0.25, 0.3) is 5.91 Å². The molecule has 0 spiro atoms. The molecule has 5 heteroatoms. The number of benzene rings is 4. The number of nitrogens with one attached hydrogen (secondary N) is 2. The first kappa shape index (κ1) is 21.7. The van der Waals surface area contributed by atoms with Gasteiger partial charge in [0.05, 0.1) is 16.7 Å². The van der Waals surface area contributed by atoms with Crippen LogP contribution in [0.5, 0.6) is 0 Å². The van der Waals surface area contributed by atoms with Crippen molar-refractivity contribution in [3.63, 3.8) is 0 Å². The molecule has 5 rings (SSSR count). The Labute approximate surface area is 198 Å². The lowest BCUT2D eigenvalue weighted by Gasteiger charge is -2.17. The Morgan fingerprint density at radius 3 is 2.41 bits per heavy atom. The molecule has 1 heterocycles. The molecule has 0 aliphatic rings. The molecule has 0 bridgehead atoms. The van der Waals surface area contributed by atoms with Crippen LogP contribution in [0.3, 0.4) is 0 Å². The molecular weight excluding hydrogens is 422 g/mol. The van der Waals surface area contributed by atoms with Gasteiger partial charge in [-0.3, -0.25) is 4.79 Å². The van der Waals surface area contributed by atoms with Gasteiger partial charge in [0.1, 0.15) is 0 Å². The zero-order valence-corrected chi connectivity index (χ0v) is 19.4. The summed E-state index contributed by atoms with van der Waals surface area (Å²) in [6.45, 7) is 5.60. The van der Waals surface area contributed by atoms with Crippen LogP contribution in [0.1, 0.15) is 35.3 Å². The molecule has 1 aromatic heterocycles. The molecule has 5 nitrogen and oxygen atoms in total. The van der Waals surface area contributed by atoms with E-state index in [0.29, 0.717) is 11.1 Å². The Kier molecular flexibility index (Phi) is 5.14. The first-order chi connectivity index (χ1) is 16.2. The fourth-order valence-corrected chi connectivity index (χ4v) is 4.56. The van der Waals surface area contributed by atoms with Crippen molar-refractivity contribution in [3.05, 3.63) is 95.6 Å². The number of H-pyrrole nitrogens is 1. The fraction of sp³-hybridized carbons (Fsp3) is 0.138. The molecule has 170 valence electrons. The number of aromatic amines is 1. The predicted octanol–water partition coefficient (Wildman–Crippen LogP) is 6.37. The summed E-state index contributed by atoms with van der Waals surface area (Å²) in [5, 5.41) is 15.9. The van der Waals surface area contributed by atoms with Crippen molar-refractivity contribution in [2.75, 3.05) is 5.32 Å². The second-order valence-corrected chi connectivity index (χ2v) is 9.19. The van der Waals surface area contributed by atoms with Gasteiger partial charge in [0.2, 0.25) is 0 Å². The van der Waals surface area contributed by atoms with Crippen LogP contribution >= 0.6 is 0 Å². The third-order valence-electron chi connectivity index (χ3n) is 6.40. The summed E-state index contributed by atoms with van der Waals surface area (Å²) in [6, 6.07) is 25.9. The van der Waals surface area contributed by atoms with Gasteiger partial charge in [-0.05, 0) is 73.4 Å². The first-order valence-corrected chi connectivity index (χ1v) is 11.3. The number of amides is 1. The van der Waals surface area contributed by atoms with Crippen LogP contribution in [-0.4, -0.2) is 16.0 Å². The Morgan fingerprint density at radius 2 is 1.71 bits per heavy atom. The number of carbonyl (C=O) groups excluding carboxylic acids is 1. The van der Waals surface area contributed by atoms with Crippen molar-refractivity contribution in [3.8, 4) is 11.1 Å². The minimum atomic E-state index is -0.977. The summed E-state index contributed by atoms with van der Waals surface area (Å²) >= 11 is 0. The van der Waals surface area contributed by atoms with E-state index in [4.69, 9.17) is 5.73 Å². The monoisotopic (exact) mass is 449 g/mol. The van der Waals surface area contributed by atoms with E-state index in [9.17, 15) is 9.90 Å². The van der Waals surface area contributed by atoms with Gasteiger partial charge in [-0.15, -0.1) is 0 Å². The van der Waals surface area contributed by atoms with Crippen molar-refractivity contribution in [1.82, 2.24) is 4.98 Å². The Bertz CT molecular complexity index is 1540. The summed E-state index contributed by atoms with van der Waals surface area (Å²) in [5.41, 5.74) is 12.7. The molecule has 0 saturated carbocycles. The van der Waals surface area contributed by atoms with Gasteiger partial charge in [-0.1, -0.05) is 48.5 Å². The molecule has 0 saturated heterocycles. The molecule has 0 aliphatic heterocycles.